The molecule has 6 nitrogen and oxygen atoms in total. The first kappa shape index (κ1) is 19.4. The first-order valence-electron chi connectivity index (χ1n) is 7.03. The number of carbonyl (C=O) groups is 2. The third-order valence-electron chi connectivity index (χ3n) is 3.32. The molecule has 0 amide bonds. The second kappa shape index (κ2) is 7.56. The lowest BCUT2D eigenvalue weighted by Gasteiger charge is -2.00. The van der Waals surface area contributed by atoms with Crippen LogP contribution in [-0.2, 0) is 16.6 Å². The van der Waals surface area contributed by atoms with Crippen molar-refractivity contribution in [3.8, 4) is 11.1 Å². The van der Waals surface area contributed by atoms with Crippen LogP contribution in [0.1, 0.15) is 11.9 Å². The van der Waals surface area contributed by atoms with Gasteiger partial charge in [0.1, 0.15) is 5.52 Å². The van der Waals surface area contributed by atoms with E-state index in [9.17, 15) is 18.0 Å². The van der Waals surface area contributed by atoms with Crippen LogP contribution in [0.5, 0.6) is 0 Å². The number of aliphatic carboxylic acids is 1. The number of fused-ring (bicyclic) bond motifs is 1. The van der Waals surface area contributed by atoms with Gasteiger partial charge in [0.15, 0.2) is 5.69 Å². The molecule has 1 aromatic carbocycles. The number of methoxy groups -OCH3 is 1. The molecule has 0 unspecified atom stereocenters. The summed E-state index contributed by atoms with van der Waals surface area (Å²) in [6.45, 7) is 0. The van der Waals surface area contributed by atoms with Gasteiger partial charge in [-0.3, -0.25) is 4.68 Å². The van der Waals surface area contributed by atoms with Gasteiger partial charge in [-0.15, -0.1) is 0 Å². The minimum absolute atomic E-state index is 0. The highest BCUT2D eigenvalue weighted by Gasteiger charge is 2.38. The quantitative estimate of drug-likeness (QED) is 0.672. The fourth-order valence-corrected chi connectivity index (χ4v) is 2.86. The van der Waals surface area contributed by atoms with Crippen molar-refractivity contribution in [1.82, 2.24) is 9.78 Å². The van der Waals surface area contributed by atoms with E-state index in [0.717, 1.165) is 22.0 Å². The van der Waals surface area contributed by atoms with E-state index in [4.69, 9.17) is 14.6 Å². The first-order chi connectivity index (χ1) is 12.2. The topological polar surface area (TPSA) is 81.4 Å². The van der Waals surface area contributed by atoms with Crippen LogP contribution >= 0.6 is 11.3 Å². The number of carboxylic acid groups (broad SMARTS) is 1. The van der Waals surface area contributed by atoms with Crippen LogP contribution in [0.2, 0.25) is 0 Å². The van der Waals surface area contributed by atoms with E-state index < -0.39 is 12.1 Å². The standard InChI is InChI=1S/C14H12N2O2S.C2HF3O2.H2/c1-16-13(14(17)18-2)11-5-3-4-10(12(11)15-16)9-6-7-19-8-9;3-2(4,5)1(6)7;/h3-8H,1-2H3;(H,6,7);1H. The molecule has 0 atom stereocenters. The highest BCUT2D eigenvalue weighted by molar-refractivity contribution is 7.08. The predicted octanol–water partition coefficient (Wildman–Crippen LogP) is 3.97. The number of aromatic nitrogens is 2. The van der Waals surface area contributed by atoms with Gasteiger partial charge in [-0.2, -0.15) is 29.6 Å². The summed E-state index contributed by atoms with van der Waals surface area (Å²) in [4.78, 5) is 20.7. The number of halogens is 3. The zero-order valence-electron chi connectivity index (χ0n) is 13.6. The Hall–Kier alpha value is -2.88. The molecule has 0 fully saturated rings. The summed E-state index contributed by atoms with van der Waals surface area (Å²) in [5, 5.41) is 16.5. The van der Waals surface area contributed by atoms with Crippen LogP contribution < -0.4 is 0 Å². The number of carbonyl (C=O) groups excluding carboxylic acids is 1. The molecule has 140 valence electrons. The maximum atomic E-state index is 11.8. The summed E-state index contributed by atoms with van der Waals surface area (Å²) < 4.78 is 38.1. The predicted molar refractivity (Wildman–Crippen MR) is 91.2 cm³/mol. The largest absolute Gasteiger partial charge is 0.490 e. The Bertz CT molecular complexity index is 939. The van der Waals surface area contributed by atoms with Crippen LogP contribution in [0.4, 0.5) is 13.2 Å². The van der Waals surface area contributed by atoms with Crippen LogP contribution in [0.25, 0.3) is 22.0 Å². The highest BCUT2D eigenvalue weighted by atomic mass is 32.1. The number of rotatable bonds is 2. The third kappa shape index (κ3) is 4.02. The molecule has 2 aromatic heterocycles. The van der Waals surface area contributed by atoms with Gasteiger partial charge in [0.2, 0.25) is 0 Å². The van der Waals surface area contributed by atoms with Gasteiger partial charge in [-0.1, -0.05) is 18.2 Å². The van der Waals surface area contributed by atoms with E-state index in [1.165, 1.54) is 7.11 Å². The van der Waals surface area contributed by atoms with E-state index in [0.29, 0.717) is 5.69 Å². The average molecular weight is 388 g/mol. The Morgan fingerprint density at radius 3 is 2.46 bits per heavy atom. The average Bonchev–Trinajstić information content (AvgIpc) is 3.20. The highest BCUT2D eigenvalue weighted by Crippen LogP contribution is 2.31. The molecule has 2 heterocycles. The number of carboxylic acids is 1. The van der Waals surface area contributed by atoms with Crippen molar-refractivity contribution in [3.63, 3.8) is 0 Å². The van der Waals surface area contributed by atoms with E-state index in [-0.39, 0.29) is 7.40 Å². The lowest BCUT2D eigenvalue weighted by Crippen LogP contribution is -2.21. The zero-order chi connectivity index (χ0) is 19.5. The molecule has 0 radical (unpaired) electrons. The molecule has 0 saturated heterocycles. The Balaban J connectivity index is 0.000000395. The molecule has 0 aliphatic heterocycles. The fourth-order valence-electron chi connectivity index (χ4n) is 2.21. The number of hydrogen-bond acceptors (Lipinski definition) is 5. The second-order valence-electron chi connectivity index (χ2n) is 4.98. The van der Waals surface area contributed by atoms with E-state index in [1.54, 1.807) is 23.1 Å². The Kier molecular flexibility index (Phi) is 5.66. The molecule has 10 heteroatoms. The van der Waals surface area contributed by atoms with Gasteiger partial charge in [-0.05, 0) is 22.4 Å². The van der Waals surface area contributed by atoms with E-state index in [1.807, 2.05) is 29.6 Å². The van der Waals surface area contributed by atoms with Crippen LogP contribution in [0.15, 0.2) is 35.0 Å². The molecule has 26 heavy (non-hydrogen) atoms. The van der Waals surface area contributed by atoms with Crippen molar-refractivity contribution in [2.45, 2.75) is 6.18 Å². The number of alkyl halides is 3. The summed E-state index contributed by atoms with van der Waals surface area (Å²) in [5.74, 6) is -3.13. The van der Waals surface area contributed by atoms with Crippen LogP contribution in [0, 0.1) is 0 Å². The lowest BCUT2D eigenvalue weighted by molar-refractivity contribution is -0.192. The monoisotopic (exact) mass is 388 g/mol. The molecule has 0 aliphatic rings. The molecule has 0 spiro atoms. The van der Waals surface area contributed by atoms with E-state index in [2.05, 4.69) is 10.5 Å². The minimum Gasteiger partial charge on any atom is -0.475 e. The van der Waals surface area contributed by atoms with Gasteiger partial charge in [-0.25, -0.2) is 9.59 Å². The number of ether oxygens (including phenoxy) is 1. The van der Waals surface area contributed by atoms with Crippen LogP contribution in [0.3, 0.4) is 0 Å². The van der Waals surface area contributed by atoms with E-state index >= 15 is 0 Å². The summed E-state index contributed by atoms with van der Waals surface area (Å²) in [5.41, 5.74) is 3.45. The van der Waals surface area contributed by atoms with Crippen molar-refractivity contribution >= 4 is 34.2 Å². The number of esters is 1. The number of nitrogens with zero attached hydrogens (tertiary/aromatic N) is 2. The molecule has 0 bridgehead atoms. The van der Waals surface area contributed by atoms with Crippen molar-refractivity contribution in [3.05, 3.63) is 40.7 Å². The number of thiophene rings is 1. The Morgan fingerprint density at radius 1 is 1.31 bits per heavy atom. The Morgan fingerprint density at radius 2 is 1.96 bits per heavy atom. The van der Waals surface area contributed by atoms with Crippen molar-refractivity contribution < 1.29 is 34.0 Å². The second-order valence-corrected chi connectivity index (χ2v) is 5.76. The number of benzene rings is 1. The van der Waals surface area contributed by atoms with Gasteiger partial charge < -0.3 is 9.84 Å². The number of hydrogen-bond donors (Lipinski definition) is 1. The molecule has 0 saturated carbocycles. The SMILES string of the molecule is COC(=O)c1c2cccc(-c3ccsc3)c2nn1C.O=C(O)C(F)(F)F.[HH]. The van der Waals surface area contributed by atoms with Gasteiger partial charge in [0, 0.05) is 19.4 Å². The van der Waals surface area contributed by atoms with Crippen molar-refractivity contribution in [2.24, 2.45) is 7.05 Å². The van der Waals surface area contributed by atoms with Crippen molar-refractivity contribution in [1.29, 1.82) is 0 Å². The molecule has 3 aromatic rings. The first-order valence-corrected chi connectivity index (χ1v) is 7.97. The normalized spacial score (nSPS) is 11.0. The maximum absolute atomic E-state index is 11.8. The zero-order valence-corrected chi connectivity index (χ0v) is 14.4. The minimum atomic E-state index is -5.08. The summed E-state index contributed by atoms with van der Waals surface area (Å²) in [7, 11) is 3.13. The summed E-state index contributed by atoms with van der Waals surface area (Å²) in [6, 6.07) is 7.89. The maximum Gasteiger partial charge on any atom is 0.490 e. The molecular formula is C16H15F3N2O4S. The lowest BCUT2D eigenvalue weighted by atomic mass is 10.1. The molecule has 3 rings (SSSR count). The molecular weight excluding hydrogens is 373 g/mol. The van der Waals surface area contributed by atoms with Gasteiger partial charge in [0.05, 0.1) is 7.11 Å². The Labute approximate surface area is 150 Å². The summed E-state index contributed by atoms with van der Waals surface area (Å²) in [6.07, 6.45) is -5.08. The van der Waals surface area contributed by atoms with Crippen molar-refractivity contribution in [2.75, 3.05) is 7.11 Å². The smallest absolute Gasteiger partial charge is 0.475 e. The van der Waals surface area contributed by atoms with Gasteiger partial charge in [0.25, 0.3) is 0 Å². The molecule has 0 aliphatic carbocycles. The van der Waals surface area contributed by atoms with Crippen LogP contribution in [-0.4, -0.2) is 40.1 Å². The fraction of sp³-hybridized carbons (Fsp3) is 0.188. The molecule has 1 N–H and O–H groups in total. The number of aryl methyl sites for hydroxylation is 1. The van der Waals surface area contributed by atoms with Gasteiger partial charge >= 0.3 is 18.1 Å². The third-order valence-corrected chi connectivity index (χ3v) is 4.00. The summed E-state index contributed by atoms with van der Waals surface area (Å²) >= 11 is 1.64.